The zero-order valence-electron chi connectivity index (χ0n) is 5.29. The zero-order chi connectivity index (χ0) is 5.91. The van der Waals surface area contributed by atoms with E-state index in [1.54, 1.807) is 0 Å². The molecule has 0 rings (SSSR count). The summed E-state index contributed by atoms with van der Waals surface area (Å²) in [6, 6.07) is 0. The van der Waals surface area contributed by atoms with E-state index in [0.29, 0.717) is 0 Å². The number of alkyl halides is 1. The minimum absolute atomic E-state index is 0.865. The van der Waals surface area contributed by atoms with E-state index in [1.807, 2.05) is 0 Å². The third kappa shape index (κ3) is 6.83. The molecule has 0 aliphatic heterocycles. The van der Waals surface area contributed by atoms with Crippen molar-refractivity contribution in [3.05, 3.63) is 0 Å². The van der Waals surface area contributed by atoms with Crippen LogP contribution in [-0.2, 0) is 0 Å². The summed E-state index contributed by atoms with van der Waals surface area (Å²) in [6.07, 6.45) is 0. The van der Waals surface area contributed by atoms with Gasteiger partial charge in [-0.2, -0.15) is 0 Å². The van der Waals surface area contributed by atoms with Crippen LogP contribution in [0.4, 0.5) is 0 Å². The summed E-state index contributed by atoms with van der Waals surface area (Å²) < 4.78 is 0. The summed E-state index contributed by atoms with van der Waals surface area (Å²) in [4.78, 5) is 0. The fourth-order valence-corrected chi connectivity index (χ4v) is 4.42. The van der Waals surface area contributed by atoms with Crippen molar-refractivity contribution in [1.82, 2.24) is 0 Å². The summed E-state index contributed by atoms with van der Waals surface area (Å²) in [7, 11) is 0. The van der Waals surface area contributed by atoms with E-state index in [1.165, 1.54) is 5.25 Å². The maximum absolute atomic E-state index is 5.53. The minimum atomic E-state index is -1.21. The monoisotopic (exact) mass is 182 g/mol. The van der Waals surface area contributed by atoms with Gasteiger partial charge in [0.05, 0.1) is 0 Å². The molecule has 0 aromatic heterocycles. The number of rotatable bonds is 2. The molecule has 0 amide bonds. The average molecular weight is 181 g/mol. The normalized spacial score (nSPS) is 12.0. The van der Waals surface area contributed by atoms with E-state index in [4.69, 9.17) is 11.6 Å². The molecule has 7 heavy (non-hydrogen) atoms. The van der Waals surface area contributed by atoms with Gasteiger partial charge in [-0.15, -0.1) is 0 Å². The number of hydrogen-bond donors (Lipinski definition) is 0. The third-order valence-electron chi connectivity index (χ3n) is 0.844. The summed E-state index contributed by atoms with van der Waals surface area (Å²) in [5.41, 5.74) is 0. The Bertz CT molecular complexity index is 46.5. The molecular weight excluding hydrogens is 168 g/mol. The second kappa shape index (κ2) is 2.98. The first-order valence-electron chi connectivity index (χ1n) is 2.62. The van der Waals surface area contributed by atoms with Gasteiger partial charge in [0.1, 0.15) is 0 Å². The average Bonchev–Trinajstić information content (AvgIpc) is 1.30. The van der Waals surface area contributed by atoms with Crippen LogP contribution in [0.1, 0.15) is 0 Å². The quantitative estimate of drug-likeness (QED) is 0.453. The molecule has 0 saturated heterocycles. The molecule has 0 N–H and O–H groups in total. The Morgan fingerprint density at radius 1 is 1.29 bits per heavy atom. The van der Waals surface area contributed by atoms with E-state index in [-0.39, 0.29) is 0 Å². The second-order valence-electron chi connectivity index (χ2n) is 3.00. The van der Waals surface area contributed by atoms with Crippen LogP contribution in [0.15, 0.2) is 0 Å². The van der Waals surface area contributed by atoms with Crippen LogP contribution < -0.4 is 0 Å². The van der Waals surface area contributed by atoms with E-state index < -0.39 is 13.3 Å². The van der Waals surface area contributed by atoms with Crippen LogP contribution in [0.3, 0.4) is 0 Å². The van der Waals surface area contributed by atoms with Crippen LogP contribution in [0, 0.1) is 0 Å². The van der Waals surface area contributed by atoms with Crippen molar-refractivity contribution in [2.45, 2.75) is 22.5 Å². The molecule has 0 unspecified atom stereocenters. The Morgan fingerprint density at radius 2 is 1.71 bits per heavy atom. The molecule has 44 valence electrons. The van der Waals surface area contributed by atoms with Gasteiger partial charge in [0.25, 0.3) is 0 Å². The van der Waals surface area contributed by atoms with Gasteiger partial charge in [-0.1, -0.05) is 0 Å². The summed E-state index contributed by atoms with van der Waals surface area (Å²) in [5.74, 6) is 8.00. The summed E-state index contributed by atoms with van der Waals surface area (Å²) in [6.45, 7) is 0. The predicted molar refractivity (Wildman–Crippen MR) is 38.9 cm³/mol. The van der Waals surface area contributed by atoms with Crippen molar-refractivity contribution in [3.8, 4) is 0 Å². The van der Waals surface area contributed by atoms with Gasteiger partial charge >= 0.3 is 53.3 Å². The van der Waals surface area contributed by atoms with Crippen LogP contribution in [0.5, 0.6) is 0 Å². The molecule has 0 bridgehead atoms. The Balaban J connectivity index is 3.15. The molecule has 0 heterocycles. The van der Waals surface area contributed by atoms with E-state index in [0.717, 1.165) is 5.88 Å². The van der Waals surface area contributed by atoms with Crippen molar-refractivity contribution in [2.24, 2.45) is 0 Å². The first-order valence-corrected chi connectivity index (χ1v) is 10.9. The van der Waals surface area contributed by atoms with Crippen LogP contribution in [0.2, 0.25) is 22.5 Å². The third-order valence-corrected chi connectivity index (χ3v) is 5.37. The van der Waals surface area contributed by atoms with Crippen LogP contribution in [0.25, 0.3) is 0 Å². The SMILES string of the molecule is [CH3][Ge]([CH3])([CH3])[CH2]CCl. The first-order chi connectivity index (χ1) is 3.06. The van der Waals surface area contributed by atoms with Gasteiger partial charge in [-0.3, -0.25) is 0 Å². The van der Waals surface area contributed by atoms with Crippen molar-refractivity contribution >= 4 is 24.9 Å². The Kier molecular flexibility index (Phi) is 3.33. The number of hydrogen-bond acceptors (Lipinski definition) is 0. The van der Waals surface area contributed by atoms with Crippen LogP contribution >= 0.6 is 11.6 Å². The first kappa shape index (κ1) is 7.83. The van der Waals surface area contributed by atoms with Crippen molar-refractivity contribution in [3.63, 3.8) is 0 Å². The molecule has 0 aromatic rings. The van der Waals surface area contributed by atoms with Gasteiger partial charge in [0, 0.05) is 0 Å². The van der Waals surface area contributed by atoms with Gasteiger partial charge in [0.15, 0.2) is 0 Å². The Hall–Kier alpha value is 0.833. The Labute approximate surface area is 53.6 Å². The zero-order valence-corrected chi connectivity index (χ0v) is 8.15. The molecule has 0 radical (unpaired) electrons. The number of halogens is 1. The fourth-order valence-electron chi connectivity index (χ4n) is 0.283. The molecule has 0 saturated carbocycles. The molecule has 0 aromatic carbocycles. The van der Waals surface area contributed by atoms with Gasteiger partial charge < -0.3 is 0 Å². The van der Waals surface area contributed by atoms with Crippen LogP contribution in [-0.4, -0.2) is 19.1 Å². The molecule has 0 nitrogen and oxygen atoms in total. The maximum atomic E-state index is 5.53. The fraction of sp³-hybridized carbons (Fsp3) is 1.00. The van der Waals surface area contributed by atoms with E-state index in [2.05, 4.69) is 17.3 Å². The van der Waals surface area contributed by atoms with Gasteiger partial charge in [0.2, 0.25) is 0 Å². The molecule has 0 aliphatic rings. The standard InChI is InChI=1S/C5H13ClGe/c1-7(2,3)5-4-6/h4-5H2,1-3H3. The summed E-state index contributed by atoms with van der Waals surface area (Å²) >= 11 is 4.32. The molecule has 0 atom stereocenters. The topological polar surface area (TPSA) is 0 Å². The van der Waals surface area contributed by atoms with Crippen molar-refractivity contribution < 1.29 is 0 Å². The van der Waals surface area contributed by atoms with Crippen molar-refractivity contribution in [1.29, 1.82) is 0 Å². The van der Waals surface area contributed by atoms with E-state index >= 15 is 0 Å². The molecule has 0 aliphatic carbocycles. The van der Waals surface area contributed by atoms with Gasteiger partial charge in [-0.25, -0.2) is 0 Å². The molecule has 0 fully saturated rings. The van der Waals surface area contributed by atoms with Crippen molar-refractivity contribution in [2.75, 3.05) is 5.88 Å². The van der Waals surface area contributed by atoms with Gasteiger partial charge in [-0.05, 0) is 0 Å². The molecule has 2 heteroatoms. The second-order valence-corrected chi connectivity index (χ2v) is 15.2. The van der Waals surface area contributed by atoms with E-state index in [9.17, 15) is 0 Å². The predicted octanol–water partition coefficient (Wildman–Crippen LogP) is 2.56. The molecule has 0 spiro atoms. The molecular formula is C5H13ClGe. The Morgan fingerprint density at radius 3 is 1.71 bits per heavy atom. The summed E-state index contributed by atoms with van der Waals surface area (Å²) in [5, 5.41) is 1.29.